The van der Waals surface area contributed by atoms with Gasteiger partial charge in [0.25, 0.3) is 5.56 Å². The number of hydrogen-bond donors (Lipinski definition) is 2. The van der Waals surface area contributed by atoms with Gasteiger partial charge in [0.1, 0.15) is 11.5 Å². The Balaban J connectivity index is 1.64. The molecule has 174 valence electrons. The molecule has 9 nitrogen and oxygen atoms in total. The number of esters is 1. The van der Waals surface area contributed by atoms with Crippen LogP contribution in [-0.2, 0) is 14.8 Å². The highest BCUT2D eigenvalue weighted by atomic mass is 32.2. The van der Waals surface area contributed by atoms with Crippen LogP contribution in [0, 0.1) is 0 Å². The lowest BCUT2D eigenvalue weighted by atomic mass is 10.1. The predicted molar refractivity (Wildman–Crippen MR) is 126 cm³/mol. The van der Waals surface area contributed by atoms with Crippen molar-refractivity contribution in [1.29, 1.82) is 0 Å². The number of hydrogen-bond acceptors (Lipinski definition) is 6. The number of sulfonamides is 1. The Bertz CT molecular complexity index is 1630. The number of carbonyl (C=O) groups excluding carboxylic acids is 1. The van der Waals surface area contributed by atoms with Gasteiger partial charge < -0.3 is 9.15 Å². The summed E-state index contributed by atoms with van der Waals surface area (Å²) in [4.78, 5) is 24.7. The van der Waals surface area contributed by atoms with Gasteiger partial charge in [0.15, 0.2) is 0 Å². The highest BCUT2D eigenvalue weighted by Gasteiger charge is 2.11. The number of benzene rings is 2. The number of primary sulfonamides is 1. The van der Waals surface area contributed by atoms with Gasteiger partial charge in [0.05, 0.1) is 33.3 Å². The van der Waals surface area contributed by atoms with Crippen molar-refractivity contribution in [1.82, 2.24) is 9.78 Å². The molecule has 2 aromatic heterocycles. The first-order valence-corrected chi connectivity index (χ1v) is 11.7. The average Bonchev–Trinajstić information content (AvgIpc) is 3.39. The van der Waals surface area contributed by atoms with Gasteiger partial charge in [-0.25, -0.2) is 23.0 Å². The van der Waals surface area contributed by atoms with E-state index in [-0.39, 0.29) is 15.7 Å². The zero-order valence-electron chi connectivity index (χ0n) is 18.1. The second-order valence-corrected chi connectivity index (χ2v) is 8.89. The van der Waals surface area contributed by atoms with Crippen molar-refractivity contribution in [3.05, 3.63) is 92.9 Å². The predicted octanol–water partition coefficient (Wildman–Crippen LogP) is 1.49. The van der Waals surface area contributed by atoms with Gasteiger partial charge >= 0.3 is 5.97 Å². The highest BCUT2D eigenvalue weighted by molar-refractivity contribution is 7.89. The standard InChI is InChI=1S/C24H21N3O6S/c1-3-32-24(29)17-6-4-16(5-7-17)22-13-10-19(33-22)14-21-15(2)26-27(23(21)28)18-8-11-20(12-9-18)34(25,30)31/h4-14,26H,2-3H2,1H3,(H2,25,30,31)/b21-14-. The van der Waals surface area contributed by atoms with E-state index in [0.29, 0.717) is 34.7 Å². The van der Waals surface area contributed by atoms with Crippen LogP contribution in [0.4, 0.5) is 0 Å². The minimum absolute atomic E-state index is 0.0594. The van der Waals surface area contributed by atoms with Crippen molar-refractivity contribution >= 4 is 28.6 Å². The summed E-state index contributed by atoms with van der Waals surface area (Å²) >= 11 is 0. The van der Waals surface area contributed by atoms with Crippen LogP contribution in [0.3, 0.4) is 0 Å². The van der Waals surface area contributed by atoms with E-state index in [4.69, 9.17) is 14.3 Å². The fourth-order valence-corrected chi connectivity index (χ4v) is 3.84. The van der Waals surface area contributed by atoms with Crippen LogP contribution >= 0.6 is 0 Å². The smallest absolute Gasteiger partial charge is 0.338 e. The van der Waals surface area contributed by atoms with Crippen LogP contribution in [0.2, 0.25) is 0 Å². The number of nitrogens with one attached hydrogen (secondary N) is 1. The zero-order chi connectivity index (χ0) is 24.5. The average molecular weight is 480 g/mol. The highest BCUT2D eigenvalue weighted by Crippen LogP contribution is 2.23. The normalized spacial score (nSPS) is 12.1. The molecule has 0 saturated carbocycles. The van der Waals surface area contributed by atoms with E-state index in [1.54, 1.807) is 49.4 Å². The monoisotopic (exact) mass is 479 g/mol. The molecule has 0 saturated heterocycles. The third kappa shape index (κ3) is 4.63. The molecule has 0 aliphatic carbocycles. The molecule has 4 aromatic rings. The van der Waals surface area contributed by atoms with E-state index in [1.165, 1.54) is 28.9 Å². The Morgan fingerprint density at radius 3 is 2.41 bits per heavy atom. The second-order valence-electron chi connectivity index (χ2n) is 7.33. The molecule has 0 aliphatic heterocycles. The van der Waals surface area contributed by atoms with Gasteiger partial charge in [-0.1, -0.05) is 18.7 Å². The molecule has 0 unspecified atom stereocenters. The Hall–Kier alpha value is -4.15. The fraction of sp³-hybridized carbons (Fsp3) is 0.0833. The molecule has 2 heterocycles. The number of nitrogens with two attached hydrogens (primary N) is 1. The maximum atomic E-state index is 12.9. The number of ether oxygens (including phenoxy) is 1. The lowest BCUT2D eigenvalue weighted by molar-refractivity contribution is 0.0526. The minimum Gasteiger partial charge on any atom is -0.462 e. The Morgan fingerprint density at radius 2 is 1.79 bits per heavy atom. The molecule has 0 amide bonds. The molecular formula is C24H21N3O6S. The van der Waals surface area contributed by atoms with Crippen LogP contribution < -0.4 is 21.3 Å². The quantitative estimate of drug-likeness (QED) is 0.402. The number of carbonyl (C=O) groups is 1. The first-order valence-electron chi connectivity index (χ1n) is 10.2. The van der Waals surface area contributed by atoms with E-state index >= 15 is 0 Å². The molecule has 0 fully saturated rings. The lowest BCUT2D eigenvalue weighted by Crippen LogP contribution is -2.33. The Kier molecular flexibility index (Phi) is 6.10. The summed E-state index contributed by atoms with van der Waals surface area (Å²) in [7, 11) is -3.84. The largest absolute Gasteiger partial charge is 0.462 e. The Morgan fingerprint density at radius 1 is 1.12 bits per heavy atom. The van der Waals surface area contributed by atoms with Gasteiger partial charge in [-0.05, 0) is 61.5 Å². The third-order valence-electron chi connectivity index (χ3n) is 5.02. The molecule has 0 bridgehead atoms. The molecule has 10 heteroatoms. The van der Waals surface area contributed by atoms with Gasteiger partial charge in [-0.2, -0.15) is 0 Å². The van der Waals surface area contributed by atoms with Crippen LogP contribution in [0.25, 0.3) is 29.7 Å². The van der Waals surface area contributed by atoms with Crippen molar-refractivity contribution in [2.45, 2.75) is 11.8 Å². The molecule has 3 N–H and O–H groups in total. The molecule has 0 spiro atoms. The summed E-state index contributed by atoms with van der Waals surface area (Å²) in [6, 6.07) is 15.8. The van der Waals surface area contributed by atoms with Gasteiger partial charge in [0, 0.05) is 5.56 Å². The van der Waals surface area contributed by atoms with Gasteiger partial charge in [-0.15, -0.1) is 0 Å². The topological polar surface area (TPSA) is 137 Å². The molecule has 0 aliphatic rings. The summed E-state index contributed by atoms with van der Waals surface area (Å²) in [5, 5.41) is 8.63. The fourth-order valence-electron chi connectivity index (χ4n) is 3.32. The Labute approximate surface area is 194 Å². The van der Waals surface area contributed by atoms with E-state index in [9.17, 15) is 18.0 Å². The molecule has 2 aromatic carbocycles. The number of furan rings is 1. The second kappa shape index (κ2) is 9.00. The number of rotatable bonds is 6. The number of nitrogens with zero attached hydrogens (tertiary/aromatic N) is 1. The zero-order valence-corrected chi connectivity index (χ0v) is 19.0. The summed E-state index contributed by atoms with van der Waals surface area (Å²) in [5.74, 6) is 0.595. The van der Waals surface area contributed by atoms with E-state index in [0.717, 1.165) is 5.56 Å². The summed E-state index contributed by atoms with van der Waals surface area (Å²) < 4.78 is 35.0. The first kappa shape index (κ1) is 23.0. The van der Waals surface area contributed by atoms with Crippen LogP contribution in [-0.4, -0.2) is 30.8 Å². The molecule has 0 atom stereocenters. The third-order valence-corrected chi connectivity index (χ3v) is 5.95. The SMILES string of the molecule is C=c1[nH]n(-c2ccc(S(N)(=O)=O)cc2)c(=O)/c1=C\c1ccc(-c2ccc(C(=O)OCC)cc2)o1. The summed E-state index contributed by atoms with van der Waals surface area (Å²) in [5.41, 5.74) is 1.23. The molecule has 0 radical (unpaired) electrons. The number of aromatic nitrogens is 2. The molecular weight excluding hydrogens is 458 g/mol. The van der Waals surface area contributed by atoms with E-state index in [2.05, 4.69) is 11.7 Å². The van der Waals surface area contributed by atoms with Crippen LogP contribution in [0.5, 0.6) is 0 Å². The van der Waals surface area contributed by atoms with Crippen molar-refractivity contribution in [2.24, 2.45) is 5.14 Å². The maximum absolute atomic E-state index is 12.9. The summed E-state index contributed by atoms with van der Waals surface area (Å²) in [6.45, 7) is 5.92. The van der Waals surface area contributed by atoms with Crippen molar-refractivity contribution in [3.63, 3.8) is 0 Å². The van der Waals surface area contributed by atoms with Crippen LogP contribution in [0.15, 0.2) is 74.8 Å². The minimum atomic E-state index is -3.84. The number of H-pyrrole nitrogens is 1. The van der Waals surface area contributed by atoms with Crippen molar-refractivity contribution < 1.29 is 22.4 Å². The lowest BCUT2D eigenvalue weighted by Gasteiger charge is -2.02. The van der Waals surface area contributed by atoms with Crippen molar-refractivity contribution in [2.75, 3.05) is 6.61 Å². The molecule has 4 rings (SSSR count). The van der Waals surface area contributed by atoms with E-state index < -0.39 is 16.0 Å². The molecule has 34 heavy (non-hydrogen) atoms. The van der Waals surface area contributed by atoms with Crippen molar-refractivity contribution in [3.8, 4) is 17.0 Å². The van der Waals surface area contributed by atoms with Gasteiger partial charge in [-0.3, -0.25) is 9.89 Å². The van der Waals surface area contributed by atoms with Crippen LogP contribution in [0.1, 0.15) is 23.0 Å². The summed E-state index contributed by atoms with van der Waals surface area (Å²) in [6.07, 6.45) is 1.56. The van der Waals surface area contributed by atoms with E-state index in [1.807, 2.05) is 0 Å². The first-order chi connectivity index (χ1) is 16.2. The number of aromatic amines is 1. The van der Waals surface area contributed by atoms with Gasteiger partial charge in [0.2, 0.25) is 10.0 Å². The maximum Gasteiger partial charge on any atom is 0.338 e.